The summed E-state index contributed by atoms with van der Waals surface area (Å²) in [7, 11) is 0. The number of nitrogens with two attached hydrogens (primary N) is 1. The summed E-state index contributed by atoms with van der Waals surface area (Å²) in [6.45, 7) is -0.630. The molecule has 1 aliphatic rings. The van der Waals surface area contributed by atoms with Gasteiger partial charge >= 0.3 is 0 Å². The molecule has 3 N–H and O–H groups in total. The summed E-state index contributed by atoms with van der Waals surface area (Å²) in [6.07, 6.45) is -0.138. The molecule has 1 saturated heterocycles. The fourth-order valence-corrected chi connectivity index (χ4v) is 4.15. The van der Waals surface area contributed by atoms with Gasteiger partial charge in [0.1, 0.15) is 29.2 Å². The summed E-state index contributed by atoms with van der Waals surface area (Å²) >= 11 is 3.21. The van der Waals surface area contributed by atoms with Gasteiger partial charge in [-0.1, -0.05) is 6.07 Å². The van der Waals surface area contributed by atoms with Gasteiger partial charge in [0.05, 0.1) is 17.7 Å². The number of carbonyl (C=O) groups is 3. The number of primary amides is 1. The molecule has 0 aliphatic carbocycles. The van der Waals surface area contributed by atoms with E-state index in [0.29, 0.717) is 10.1 Å². The summed E-state index contributed by atoms with van der Waals surface area (Å²) in [5.41, 5.74) is 5.89. The second kappa shape index (κ2) is 9.49. The van der Waals surface area contributed by atoms with Crippen molar-refractivity contribution in [3.8, 4) is 0 Å². The van der Waals surface area contributed by atoms with Crippen molar-refractivity contribution in [3.63, 3.8) is 0 Å². The number of nitrogens with one attached hydrogen (secondary N) is 1. The maximum absolute atomic E-state index is 14.2. The number of aliphatic imine (C=N–C) groups is 1. The molecule has 174 valence electrons. The van der Waals surface area contributed by atoms with Gasteiger partial charge in [-0.15, -0.1) is 0 Å². The van der Waals surface area contributed by atoms with E-state index in [0.717, 1.165) is 4.90 Å². The second-order valence-corrected chi connectivity index (χ2v) is 8.32. The lowest BCUT2D eigenvalue weighted by molar-refractivity contribution is -0.137. The van der Waals surface area contributed by atoms with E-state index in [4.69, 9.17) is 5.73 Å². The van der Waals surface area contributed by atoms with Crippen LogP contribution in [0, 0.1) is 0 Å². The number of likely N-dealkylation sites (tertiary alicyclic amines) is 1. The minimum Gasteiger partial charge on any atom is -0.364 e. The highest BCUT2D eigenvalue weighted by atomic mass is 79.9. The third-order valence-electron chi connectivity index (χ3n) is 5.27. The molecule has 2 atom stereocenters. The average Bonchev–Trinajstić information content (AvgIpc) is 3.35. The Hall–Kier alpha value is -3.96. The number of rotatable bonds is 6. The first-order chi connectivity index (χ1) is 16.3. The number of aromatic nitrogens is 3. The molecule has 1 fully saturated rings. The second-order valence-electron chi connectivity index (χ2n) is 7.50. The highest BCUT2D eigenvalue weighted by Crippen LogP contribution is 2.26. The van der Waals surface area contributed by atoms with Crippen LogP contribution in [-0.2, 0) is 20.9 Å². The molecule has 0 unspecified atom stereocenters. The fourth-order valence-electron chi connectivity index (χ4n) is 3.81. The molecule has 13 heteroatoms. The molecule has 2 aromatic heterocycles. The van der Waals surface area contributed by atoms with Crippen molar-refractivity contribution >= 4 is 62.1 Å². The van der Waals surface area contributed by atoms with Crippen LogP contribution in [0.2, 0.25) is 0 Å². The van der Waals surface area contributed by atoms with Gasteiger partial charge in [0.15, 0.2) is 5.69 Å². The molecule has 1 aliphatic heterocycles. The standard InChI is InChI=1S/C21H17BrFN7O4/c22-16-2-1-3-17(26-16)27-21(34)15-6-11(23)8-29(15)18(32)9-30-14-5-4-12(25-10-31)7-13(14)19(28-30)20(24)33/h1-5,7,11,15H,6,8-9H2,(H2,24,33)(H,26,27,34)/t11-,15+/m1/s1. The van der Waals surface area contributed by atoms with Crippen LogP contribution in [0.4, 0.5) is 15.9 Å². The number of nitrogens with zero attached hydrogens (tertiary/aromatic N) is 5. The molecular weight excluding hydrogens is 513 g/mol. The third kappa shape index (κ3) is 4.70. The van der Waals surface area contributed by atoms with Crippen molar-refractivity contribution in [3.05, 3.63) is 46.7 Å². The normalized spacial score (nSPS) is 17.4. The van der Waals surface area contributed by atoms with E-state index in [2.05, 4.69) is 36.3 Å². The van der Waals surface area contributed by atoms with Crippen LogP contribution < -0.4 is 11.1 Å². The van der Waals surface area contributed by atoms with Gasteiger partial charge in [0, 0.05) is 11.8 Å². The highest BCUT2D eigenvalue weighted by molar-refractivity contribution is 9.10. The Morgan fingerprint density at radius 1 is 1.29 bits per heavy atom. The zero-order valence-electron chi connectivity index (χ0n) is 17.4. The van der Waals surface area contributed by atoms with Crippen molar-refractivity contribution in [2.75, 3.05) is 11.9 Å². The Kier molecular flexibility index (Phi) is 6.48. The number of pyridine rings is 1. The Balaban J connectivity index is 1.59. The van der Waals surface area contributed by atoms with Gasteiger partial charge < -0.3 is 16.0 Å². The van der Waals surface area contributed by atoms with E-state index in [-0.39, 0.29) is 42.1 Å². The number of hydrogen-bond acceptors (Lipinski definition) is 7. The van der Waals surface area contributed by atoms with Crippen molar-refractivity contribution in [1.82, 2.24) is 19.7 Å². The number of isocyanates is 1. The Bertz CT molecular complexity index is 1350. The van der Waals surface area contributed by atoms with Crippen LogP contribution in [0.25, 0.3) is 10.9 Å². The van der Waals surface area contributed by atoms with Crippen molar-refractivity contribution in [2.45, 2.75) is 25.2 Å². The van der Waals surface area contributed by atoms with Gasteiger partial charge in [0.2, 0.25) is 17.9 Å². The average molecular weight is 530 g/mol. The Morgan fingerprint density at radius 2 is 2.09 bits per heavy atom. The lowest BCUT2D eigenvalue weighted by Gasteiger charge is -2.23. The predicted molar refractivity (Wildman–Crippen MR) is 122 cm³/mol. The fraction of sp³-hybridized carbons (Fsp3) is 0.238. The Labute approximate surface area is 199 Å². The molecule has 3 heterocycles. The van der Waals surface area contributed by atoms with Crippen LogP contribution >= 0.6 is 15.9 Å². The first-order valence-corrected chi connectivity index (χ1v) is 10.8. The van der Waals surface area contributed by atoms with Gasteiger partial charge in [-0.05, 0) is 46.3 Å². The van der Waals surface area contributed by atoms with Gasteiger partial charge in [-0.3, -0.25) is 19.1 Å². The van der Waals surface area contributed by atoms with Crippen LogP contribution in [0.1, 0.15) is 16.9 Å². The van der Waals surface area contributed by atoms with E-state index in [1.54, 1.807) is 18.2 Å². The molecule has 0 saturated carbocycles. The number of hydrogen-bond donors (Lipinski definition) is 2. The lowest BCUT2D eigenvalue weighted by atomic mass is 10.2. The van der Waals surface area contributed by atoms with Crippen LogP contribution in [0.5, 0.6) is 0 Å². The molecule has 1 aromatic carbocycles. The van der Waals surface area contributed by atoms with Crippen LogP contribution in [0.15, 0.2) is 46.0 Å². The first kappa shape index (κ1) is 23.2. The van der Waals surface area contributed by atoms with Crippen molar-refractivity contribution in [2.24, 2.45) is 10.7 Å². The number of fused-ring (bicyclic) bond motifs is 1. The van der Waals surface area contributed by atoms with Crippen molar-refractivity contribution < 1.29 is 23.6 Å². The van der Waals surface area contributed by atoms with Crippen molar-refractivity contribution in [1.29, 1.82) is 0 Å². The van der Waals surface area contributed by atoms with E-state index < -0.39 is 29.9 Å². The summed E-state index contributed by atoms with van der Waals surface area (Å²) in [6, 6.07) is 8.30. The molecule has 11 nitrogen and oxygen atoms in total. The highest BCUT2D eigenvalue weighted by Gasteiger charge is 2.40. The first-order valence-electron chi connectivity index (χ1n) is 10.0. The summed E-state index contributed by atoms with van der Waals surface area (Å²) in [5, 5.41) is 7.00. The summed E-state index contributed by atoms with van der Waals surface area (Å²) < 4.78 is 16.0. The van der Waals surface area contributed by atoms with Crippen LogP contribution in [-0.4, -0.2) is 62.2 Å². The van der Waals surface area contributed by atoms with Crippen LogP contribution in [0.3, 0.4) is 0 Å². The minimum absolute atomic E-state index is 0.120. The maximum atomic E-state index is 14.2. The lowest BCUT2D eigenvalue weighted by Crippen LogP contribution is -2.44. The zero-order valence-corrected chi connectivity index (χ0v) is 19.0. The number of anilines is 1. The molecule has 0 radical (unpaired) electrons. The predicted octanol–water partition coefficient (Wildman–Crippen LogP) is 1.84. The number of alkyl halides is 1. The largest absolute Gasteiger partial charge is 0.364 e. The summed E-state index contributed by atoms with van der Waals surface area (Å²) in [5.74, 6) is -1.73. The summed E-state index contributed by atoms with van der Waals surface area (Å²) in [4.78, 5) is 57.0. The molecule has 34 heavy (non-hydrogen) atoms. The van der Waals surface area contributed by atoms with E-state index >= 15 is 0 Å². The number of benzene rings is 1. The quantitative estimate of drug-likeness (QED) is 0.282. The number of halogens is 2. The SMILES string of the molecule is NC(=O)c1nn(CC(=O)N2C[C@H](F)C[C@H]2C(=O)Nc2cccc(Br)n2)c2ccc(N=C=O)cc12. The minimum atomic E-state index is -1.38. The van der Waals surface area contributed by atoms with E-state index in [9.17, 15) is 23.6 Å². The topological polar surface area (TPSA) is 153 Å². The smallest absolute Gasteiger partial charge is 0.269 e. The van der Waals surface area contributed by atoms with E-state index in [1.807, 2.05) is 0 Å². The molecule has 3 amide bonds. The van der Waals surface area contributed by atoms with Gasteiger partial charge in [0.25, 0.3) is 5.91 Å². The number of carbonyl (C=O) groups excluding carboxylic acids is 4. The molecule has 0 bridgehead atoms. The monoisotopic (exact) mass is 529 g/mol. The Morgan fingerprint density at radius 3 is 2.79 bits per heavy atom. The molecule has 4 rings (SSSR count). The molecule has 0 spiro atoms. The van der Waals surface area contributed by atoms with Gasteiger partial charge in [-0.25, -0.2) is 14.2 Å². The van der Waals surface area contributed by atoms with Gasteiger partial charge in [-0.2, -0.15) is 10.1 Å². The van der Waals surface area contributed by atoms with E-state index in [1.165, 1.54) is 29.0 Å². The number of amides is 3. The zero-order chi connectivity index (χ0) is 24.4. The molecule has 3 aromatic rings. The maximum Gasteiger partial charge on any atom is 0.269 e. The third-order valence-corrected chi connectivity index (χ3v) is 5.71. The molecular formula is C21H17BrFN7O4.